The van der Waals surface area contributed by atoms with Crippen LogP contribution in [0.2, 0.25) is 0 Å². The van der Waals surface area contributed by atoms with E-state index in [-0.39, 0.29) is 45.7 Å². The lowest BCUT2D eigenvalue weighted by Gasteiger charge is -2.20. The summed E-state index contributed by atoms with van der Waals surface area (Å²) in [5.41, 5.74) is 3.71. The molecule has 0 radical (unpaired) electrons. The quantitative estimate of drug-likeness (QED) is 0.148. The fraction of sp³-hybridized carbons (Fsp3) is 0. The van der Waals surface area contributed by atoms with Gasteiger partial charge in [0.1, 0.15) is 0 Å². The Morgan fingerprint density at radius 1 is 0.318 bits per heavy atom. The molecule has 0 aromatic heterocycles. The van der Waals surface area contributed by atoms with Crippen LogP contribution in [-0.2, 0) is 0 Å². The van der Waals surface area contributed by atoms with Crippen LogP contribution >= 0.6 is 0 Å². The van der Waals surface area contributed by atoms with Crippen LogP contribution in [0.25, 0.3) is 87.2 Å². The third-order valence-electron chi connectivity index (χ3n) is 8.66. The minimum absolute atomic E-state index is 0.200. The van der Waals surface area contributed by atoms with E-state index in [2.05, 4.69) is 6.07 Å². The molecule has 204 valence electrons. The van der Waals surface area contributed by atoms with E-state index in [9.17, 15) is 5.48 Å². The molecule has 9 aromatic carbocycles. The summed E-state index contributed by atoms with van der Waals surface area (Å²) in [5, 5.41) is 6.53. The maximum atomic E-state index is 9.43. The van der Waals surface area contributed by atoms with Crippen LogP contribution in [0.1, 0.15) is 11.0 Å². The molecule has 9 aromatic rings. The smallest absolute Gasteiger partial charge is 0.0616 e. The molecular weight excluding hydrogens is 528 g/mol. The van der Waals surface area contributed by atoms with Crippen LogP contribution < -0.4 is 0 Å². The van der Waals surface area contributed by atoms with Gasteiger partial charge in [-0.05, 0) is 99.4 Å². The number of fused-ring (bicyclic) bond motifs is 6. The highest BCUT2D eigenvalue weighted by atomic mass is 14.2. The molecule has 0 aliphatic rings. The van der Waals surface area contributed by atoms with Gasteiger partial charge in [0, 0.05) is 0 Å². The summed E-state index contributed by atoms with van der Waals surface area (Å²) in [7, 11) is 0. The van der Waals surface area contributed by atoms with Gasteiger partial charge in [0.05, 0.1) is 11.0 Å². The molecule has 44 heavy (non-hydrogen) atoms. The standard InChI is InChI=1S/C44H28/c1-3-18-33-29(13-1)15-12-26-34(33)30-16-11-17-32(27-30)43-38-22-7-9-24-40(38)44(41-25-10-8-23-39(41)43)42-28-31-14-2-4-19-35(31)36-20-5-6-21-37(36)42/h1-28H/i7D,8D,9D,10D,22D,23D,24D,25D. The fourth-order valence-electron chi connectivity index (χ4n) is 6.76. The summed E-state index contributed by atoms with van der Waals surface area (Å²) in [6, 6.07) is 36.7. The summed E-state index contributed by atoms with van der Waals surface area (Å²) in [4.78, 5) is 0. The Hall–Kier alpha value is -5.72. The zero-order valence-electron chi connectivity index (χ0n) is 31.5. The first-order chi connectivity index (χ1) is 25.2. The molecule has 0 fully saturated rings. The van der Waals surface area contributed by atoms with Crippen molar-refractivity contribution >= 4 is 53.9 Å². The zero-order chi connectivity index (χ0) is 36.0. The molecule has 0 saturated carbocycles. The van der Waals surface area contributed by atoms with E-state index in [1.807, 2.05) is 115 Å². The Bertz CT molecular complexity index is 2920. The lowest BCUT2D eigenvalue weighted by Crippen LogP contribution is -1.92. The van der Waals surface area contributed by atoms with Gasteiger partial charge in [0.2, 0.25) is 0 Å². The molecule has 9 rings (SSSR count). The molecule has 0 heteroatoms. The van der Waals surface area contributed by atoms with Crippen molar-refractivity contribution in [3.8, 4) is 33.4 Å². The predicted octanol–water partition coefficient (Wildman–Crippen LogP) is 12.5. The zero-order valence-corrected chi connectivity index (χ0v) is 23.5. The third kappa shape index (κ3) is 3.78. The normalized spacial score (nSPS) is 14.2. The molecule has 0 aliphatic heterocycles. The van der Waals surface area contributed by atoms with Crippen molar-refractivity contribution in [1.82, 2.24) is 0 Å². The van der Waals surface area contributed by atoms with Crippen LogP contribution in [-0.4, -0.2) is 0 Å². The predicted molar refractivity (Wildman–Crippen MR) is 190 cm³/mol. The Morgan fingerprint density at radius 3 is 1.57 bits per heavy atom. The Balaban J connectivity index is 1.53. The number of rotatable bonds is 3. The highest BCUT2D eigenvalue weighted by molar-refractivity contribution is 6.25. The molecule has 0 atom stereocenters. The van der Waals surface area contributed by atoms with Crippen LogP contribution in [0.5, 0.6) is 0 Å². The largest absolute Gasteiger partial charge is 0.0629 e. The maximum absolute atomic E-state index is 9.43. The highest BCUT2D eigenvalue weighted by Gasteiger charge is 2.19. The summed E-state index contributed by atoms with van der Waals surface area (Å²) >= 11 is 0. The van der Waals surface area contributed by atoms with Crippen molar-refractivity contribution in [1.29, 1.82) is 0 Å². The van der Waals surface area contributed by atoms with E-state index >= 15 is 0 Å². The van der Waals surface area contributed by atoms with Gasteiger partial charge in [-0.3, -0.25) is 0 Å². The number of benzene rings is 9. The van der Waals surface area contributed by atoms with Crippen LogP contribution in [0.4, 0.5) is 0 Å². The number of hydrogen-bond acceptors (Lipinski definition) is 0. The minimum atomic E-state index is -0.418. The third-order valence-corrected chi connectivity index (χ3v) is 8.66. The molecular formula is C44H28. The molecule has 0 nitrogen and oxygen atoms in total. The van der Waals surface area contributed by atoms with Gasteiger partial charge in [-0.15, -0.1) is 0 Å². The summed E-state index contributed by atoms with van der Waals surface area (Å²) in [5.74, 6) is 0. The second-order valence-corrected chi connectivity index (χ2v) is 11.0. The van der Waals surface area contributed by atoms with E-state index in [4.69, 9.17) is 5.48 Å². The lowest BCUT2D eigenvalue weighted by atomic mass is 9.83. The Labute approximate surface area is 267 Å². The highest BCUT2D eigenvalue weighted by Crippen LogP contribution is 2.47. The molecule has 0 unspecified atom stereocenters. The first kappa shape index (κ1) is 18.1. The monoisotopic (exact) mass is 564 g/mol. The van der Waals surface area contributed by atoms with E-state index in [1.165, 1.54) is 0 Å². The molecule has 0 spiro atoms. The van der Waals surface area contributed by atoms with E-state index in [1.54, 1.807) is 0 Å². The van der Waals surface area contributed by atoms with E-state index in [0.717, 1.165) is 43.4 Å². The first-order valence-corrected chi connectivity index (χ1v) is 14.6. The van der Waals surface area contributed by atoms with Crippen LogP contribution in [0.15, 0.2) is 170 Å². The first-order valence-electron chi connectivity index (χ1n) is 18.6. The van der Waals surface area contributed by atoms with Crippen molar-refractivity contribution in [2.45, 2.75) is 0 Å². The van der Waals surface area contributed by atoms with Gasteiger partial charge in [0.15, 0.2) is 0 Å². The second kappa shape index (κ2) is 9.93. The second-order valence-electron chi connectivity index (χ2n) is 11.0. The van der Waals surface area contributed by atoms with Crippen molar-refractivity contribution < 1.29 is 11.0 Å². The van der Waals surface area contributed by atoms with Crippen molar-refractivity contribution in [2.75, 3.05) is 0 Å². The van der Waals surface area contributed by atoms with Crippen molar-refractivity contribution in [3.05, 3.63) is 170 Å². The van der Waals surface area contributed by atoms with Gasteiger partial charge in [-0.1, -0.05) is 158 Å². The van der Waals surface area contributed by atoms with E-state index < -0.39 is 24.2 Å². The molecule has 0 amide bonds. The van der Waals surface area contributed by atoms with E-state index in [0.29, 0.717) is 22.3 Å². The Morgan fingerprint density at radius 2 is 0.841 bits per heavy atom. The average Bonchev–Trinajstić information content (AvgIpc) is 3.19. The minimum Gasteiger partial charge on any atom is -0.0616 e. The summed E-state index contributed by atoms with van der Waals surface area (Å²) in [6.45, 7) is 0. The molecule has 0 saturated heterocycles. The average molecular weight is 565 g/mol. The fourth-order valence-corrected chi connectivity index (χ4v) is 6.76. The van der Waals surface area contributed by atoms with Crippen molar-refractivity contribution in [3.63, 3.8) is 0 Å². The van der Waals surface area contributed by atoms with Crippen LogP contribution in [0, 0.1) is 0 Å². The van der Waals surface area contributed by atoms with Gasteiger partial charge < -0.3 is 0 Å². The van der Waals surface area contributed by atoms with Gasteiger partial charge in [-0.2, -0.15) is 0 Å². The summed E-state index contributed by atoms with van der Waals surface area (Å²) in [6.07, 6.45) is 0. The maximum Gasteiger partial charge on any atom is 0.0629 e. The van der Waals surface area contributed by atoms with Gasteiger partial charge >= 0.3 is 0 Å². The molecule has 0 N–H and O–H groups in total. The number of hydrogen-bond donors (Lipinski definition) is 0. The lowest BCUT2D eigenvalue weighted by molar-refractivity contribution is 1.63. The van der Waals surface area contributed by atoms with Crippen LogP contribution in [0.3, 0.4) is 0 Å². The molecule has 0 heterocycles. The summed E-state index contributed by atoms with van der Waals surface area (Å²) < 4.78 is 73.1. The van der Waals surface area contributed by atoms with Crippen molar-refractivity contribution in [2.24, 2.45) is 0 Å². The molecule has 0 aliphatic carbocycles. The SMILES string of the molecule is [2H]c1c([2H])c([2H])c2c(-c3cc4ccccc4c4ccccc34)c3c([2H])c([2H])c([2H])c([2H])c3c(-c3cccc(-c4cccc5ccccc45)c3)c2c1[2H]. The van der Waals surface area contributed by atoms with Gasteiger partial charge in [0.25, 0.3) is 0 Å². The van der Waals surface area contributed by atoms with Gasteiger partial charge in [-0.25, -0.2) is 0 Å². The Kier molecular flexibility index (Phi) is 4.08. The topological polar surface area (TPSA) is 0 Å². The molecule has 0 bridgehead atoms.